The lowest BCUT2D eigenvalue weighted by molar-refractivity contribution is -0.136. The van der Waals surface area contributed by atoms with Gasteiger partial charge < -0.3 is 10.1 Å². The molecule has 5 heteroatoms. The Balaban J connectivity index is 1.94. The molecule has 0 saturated carbocycles. The SMILES string of the molecule is O=C(O)Cc1cnc(-c2ccc3cc[nH]c3c2)nc1. The van der Waals surface area contributed by atoms with Gasteiger partial charge in [-0.05, 0) is 23.1 Å². The highest BCUT2D eigenvalue weighted by Gasteiger charge is 2.05. The van der Waals surface area contributed by atoms with E-state index in [-0.39, 0.29) is 6.42 Å². The van der Waals surface area contributed by atoms with Crippen LogP contribution in [0.1, 0.15) is 5.56 Å². The monoisotopic (exact) mass is 253 g/mol. The maximum atomic E-state index is 10.6. The molecule has 0 unspecified atom stereocenters. The lowest BCUT2D eigenvalue weighted by atomic mass is 10.1. The molecule has 1 aromatic carbocycles. The summed E-state index contributed by atoms with van der Waals surface area (Å²) in [6.45, 7) is 0. The van der Waals surface area contributed by atoms with E-state index in [0.717, 1.165) is 16.5 Å². The molecule has 2 N–H and O–H groups in total. The number of hydrogen-bond donors (Lipinski definition) is 2. The van der Waals surface area contributed by atoms with Crippen molar-refractivity contribution in [2.75, 3.05) is 0 Å². The summed E-state index contributed by atoms with van der Waals surface area (Å²) in [5.74, 6) is -0.296. The standard InChI is InChI=1S/C14H11N3O2/c18-13(19)5-9-7-16-14(17-8-9)11-2-1-10-3-4-15-12(10)6-11/h1-4,6-8,15H,5H2,(H,18,19). The molecule has 0 aliphatic rings. The Bertz CT molecular complexity index is 732. The predicted octanol–water partition coefficient (Wildman–Crippen LogP) is 2.25. The molecule has 0 saturated heterocycles. The van der Waals surface area contributed by atoms with Crippen LogP contribution in [0.4, 0.5) is 0 Å². The first-order chi connectivity index (χ1) is 9.22. The van der Waals surface area contributed by atoms with Crippen LogP contribution in [0.15, 0.2) is 42.9 Å². The summed E-state index contributed by atoms with van der Waals surface area (Å²) in [4.78, 5) is 22.1. The zero-order valence-electron chi connectivity index (χ0n) is 10.00. The third-order valence-corrected chi connectivity index (χ3v) is 2.87. The van der Waals surface area contributed by atoms with Gasteiger partial charge in [0.05, 0.1) is 6.42 Å². The minimum Gasteiger partial charge on any atom is -0.481 e. The van der Waals surface area contributed by atoms with Gasteiger partial charge in [0.25, 0.3) is 0 Å². The van der Waals surface area contributed by atoms with Crippen LogP contribution in [-0.4, -0.2) is 26.0 Å². The number of nitrogens with one attached hydrogen (secondary N) is 1. The van der Waals surface area contributed by atoms with Crippen molar-refractivity contribution >= 4 is 16.9 Å². The summed E-state index contributed by atoms with van der Waals surface area (Å²) in [5, 5.41) is 9.82. The normalized spacial score (nSPS) is 10.7. The Morgan fingerprint density at radius 3 is 2.74 bits per heavy atom. The van der Waals surface area contributed by atoms with Crippen LogP contribution in [0.5, 0.6) is 0 Å². The van der Waals surface area contributed by atoms with E-state index in [9.17, 15) is 4.79 Å². The zero-order valence-corrected chi connectivity index (χ0v) is 10.00. The molecule has 0 bridgehead atoms. The highest BCUT2D eigenvalue weighted by molar-refractivity contribution is 5.83. The zero-order chi connectivity index (χ0) is 13.2. The smallest absolute Gasteiger partial charge is 0.307 e. The van der Waals surface area contributed by atoms with Crippen molar-refractivity contribution in [2.45, 2.75) is 6.42 Å². The van der Waals surface area contributed by atoms with Crippen molar-refractivity contribution in [3.63, 3.8) is 0 Å². The molecule has 0 radical (unpaired) electrons. The van der Waals surface area contributed by atoms with Crippen LogP contribution in [0, 0.1) is 0 Å². The number of nitrogens with zero attached hydrogens (tertiary/aromatic N) is 2. The minimum absolute atomic E-state index is 0.0596. The van der Waals surface area contributed by atoms with Gasteiger partial charge in [-0.3, -0.25) is 4.79 Å². The molecule has 3 rings (SSSR count). The van der Waals surface area contributed by atoms with Crippen molar-refractivity contribution in [2.24, 2.45) is 0 Å². The summed E-state index contributed by atoms with van der Waals surface area (Å²) in [6.07, 6.45) is 4.92. The number of aliphatic carboxylic acids is 1. The number of H-pyrrole nitrogens is 1. The number of fused-ring (bicyclic) bond motifs is 1. The van der Waals surface area contributed by atoms with Crippen LogP contribution >= 0.6 is 0 Å². The van der Waals surface area contributed by atoms with Crippen molar-refractivity contribution in [3.8, 4) is 11.4 Å². The number of carbonyl (C=O) groups is 1. The van der Waals surface area contributed by atoms with Crippen LogP contribution in [-0.2, 0) is 11.2 Å². The van der Waals surface area contributed by atoms with Crippen LogP contribution in [0.3, 0.4) is 0 Å². The fourth-order valence-corrected chi connectivity index (χ4v) is 1.96. The van der Waals surface area contributed by atoms with E-state index in [4.69, 9.17) is 5.11 Å². The molecule has 2 heterocycles. The lowest BCUT2D eigenvalue weighted by Gasteiger charge is -2.01. The Kier molecular flexibility index (Phi) is 2.72. The van der Waals surface area contributed by atoms with Crippen molar-refractivity contribution in [1.29, 1.82) is 0 Å². The second-order valence-corrected chi connectivity index (χ2v) is 4.27. The van der Waals surface area contributed by atoms with E-state index in [0.29, 0.717) is 11.4 Å². The molecule has 0 amide bonds. The Hall–Kier alpha value is -2.69. The second kappa shape index (κ2) is 4.53. The molecule has 0 aliphatic heterocycles. The average Bonchev–Trinajstić information content (AvgIpc) is 2.86. The van der Waals surface area contributed by atoms with Crippen LogP contribution in [0.2, 0.25) is 0 Å². The number of aromatic nitrogens is 3. The van der Waals surface area contributed by atoms with E-state index in [2.05, 4.69) is 15.0 Å². The van der Waals surface area contributed by atoms with Crippen LogP contribution < -0.4 is 0 Å². The molecule has 94 valence electrons. The molecule has 3 aromatic rings. The van der Waals surface area contributed by atoms with Crippen molar-refractivity contribution < 1.29 is 9.90 Å². The lowest BCUT2D eigenvalue weighted by Crippen LogP contribution is -2.01. The number of benzene rings is 1. The fraction of sp³-hybridized carbons (Fsp3) is 0.0714. The first kappa shape index (κ1) is 11.4. The van der Waals surface area contributed by atoms with Gasteiger partial charge in [-0.25, -0.2) is 9.97 Å². The summed E-state index contributed by atoms with van der Waals surface area (Å²) >= 11 is 0. The molecule has 0 atom stereocenters. The number of hydrogen-bond acceptors (Lipinski definition) is 3. The number of aromatic amines is 1. The second-order valence-electron chi connectivity index (χ2n) is 4.27. The largest absolute Gasteiger partial charge is 0.481 e. The molecule has 0 spiro atoms. The molecule has 5 nitrogen and oxygen atoms in total. The van der Waals surface area contributed by atoms with E-state index in [1.807, 2.05) is 30.5 Å². The molecule has 19 heavy (non-hydrogen) atoms. The Morgan fingerprint density at radius 2 is 2.00 bits per heavy atom. The van der Waals surface area contributed by atoms with Gasteiger partial charge in [0.15, 0.2) is 5.82 Å². The quantitative estimate of drug-likeness (QED) is 0.750. The average molecular weight is 253 g/mol. The summed E-state index contributed by atoms with van der Waals surface area (Å²) in [7, 11) is 0. The van der Waals surface area contributed by atoms with E-state index in [1.54, 1.807) is 12.4 Å². The number of rotatable bonds is 3. The van der Waals surface area contributed by atoms with Gasteiger partial charge in [0, 0.05) is 29.7 Å². The van der Waals surface area contributed by atoms with E-state index in [1.165, 1.54) is 0 Å². The first-order valence-corrected chi connectivity index (χ1v) is 5.82. The maximum Gasteiger partial charge on any atom is 0.307 e. The summed E-state index contributed by atoms with van der Waals surface area (Å²) in [5.41, 5.74) is 2.52. The molecular weight excluding hydrogens is 242 g/mol. The Labute approximate surface area is 109 Å². The van der Waals surface area contributed by atoms with E-state index < -0.39 is 5.97 Å². The fourth-order valence-electron chi connectivity index (χ4n) is 1.96. The minimum atomic E-state index is -0.885. The van der Waals surface area contributed by atoms with Gasteiger partial charge in [-0.2, -0.15) is 0 Å². The van der Waals surface area contributed by atoms with Gasteiger partial charge >= 0.3 is 5.97 Å². The van der Waals surface area contributed by atoms with E-state index >= 15 is 0 Å². The Morgan fingerprint density at radius 1 is 1.21 bits per heavy atom. The van der Waals surface area contributed by atoms with Gasteiger partial charge in [0.1, 0.15) is 0 Å². The highest BCUT2D eigenvalue weighted by atomic mass is 16.4. The van der Waals surface area contributed by atoms with Crippen molar-refractivity contribution in [3.05, 3.63) is 48.4 Å². The molecular formula is C14H11N3O2. The number of carboxylic acids is 1. The van der Waals surface area contributed by atoms with Crippen molar-refractivity contribution in [1.82, 2.24) is 15.0 Å². The van der Waals surface area contributed by atoms with Gasteiger partial charge in [-0.15, -0.1) is 0 Å². The van der Waals surface area contributed by atoms with Crippen LogP contribution in [0.25, 0.3) is 22.3 Å². The first-order valence-electron chi connectivity index (χ1n) is 5.82. The molecule has 2 aromatic heterocycles. The topological polar surface area (TPSA) is 78.9 Å². The third-order valence-electron chi connectivity index (χ3n) is 2.87. The maximum absolute atomic E-state index is 10.6. The molecule has 0 aliphatic carbocycles. The number of carboxylic acid groups (broad SMARTS) is 1. The predicted molar refractivity (Wildman–Crippen MR) is 70.7 cm³/mol. The molecule has 0 fully saturated rings. The van der Waals surface area contributed by atoms with Gasteiger partial charge in [-0.1, -0.05) is 12.1 Å². The summed E-state index contributed by atoms with van der Waals surface area (Å²) < 4.78 is 0. The highest BCUT2D eigenvalue weighted by Crippen LogP contribution is 2.20. The van der Waals surface area contributed by atoms with Gasteiger partial charge in [0.2, 0.25) is 0 Å². The summed E-state index contributed by atoms with van der Waals surface area (Å²) in [6, 6.07) is 7.91. The third kappa shape index (κ3) is 2.30.